The van der Waals surface area contributed by atoms with Crippen molar-refractivity contribution >= 4 is 6.03 Å². The Hall–Kier alpha value is -1.55. The highest BCUT2D eigenvalue weighted by molar-refractivity contribution is 5.74. The molecule has 1 aromatic rings. The molecule has 1 aliphatic rings. The van der Waals surface area contributed by atoms with Gasteiger partial charge in [0, 0.05) is 32.2 Å². The normalized spacial score (nSPS) is 17.3. The first-order chi connectivity index (χ1) is 10.7. The summed E-state index contributed by atoms with van der Waals surface area (Å²) >= 11 is 0. The SMILES string of the molecule is CCC(C)NC(=O)N1CCN(CCCc2ccccc2)CC1. The molecule has 1 aliphatic heterocycles. The van der Waals surface area contributed by atoms with Crippen molar-refractivity contribution in [3.05, 3.63) is 35.9 Å². The van der Waals surface area contributed by atoms with E-state index < -0.39 is 0 Å². The molecule has 2 amide bonds. The van der Waals surface area contributed by atoms with Gasteiger partial charge in [-0.2, -0.15) is 0 Å². The molecule has 1 aromatic carbocycles. The number of hydrogen-bond donors (Lipinski definition) is 1. The molecule has 0 radical (unpaired) electrons. The molecule has 0 aliphatic carbocycles. The molecule has 22 heavy (non-hydrogen) atoms. The second-order valence-electron chi connectivity index (χ2n) is 6.18. The van der Waals surface area contributed by atoms with Crippen LogP contribution in [-0.4, -0.2) is 54.6 Å². The zero-order chi connectivity index (χ0) is 15.8. The molecule has 0 aromatic heterocycles. The Morgan fingerprint density at radius 1 is 1.18 bits per heavy atom. The van der Waals surface area contributed by atoms with E-state index in [0.717, 1.165) is 45.6 Å². The Labute approximate surface area is 134 Å². The third-order valence-electron chi connectivity index (χ3n) is 4.42. The van der Waals surface area contributed by atoms with Crippen LogP contribution in [0, 0.1) is 0 Å². The predicted octanol–water partition coefficient (Wildman–Crippen LogP) is 2.74. The van der Waals surface area contributed by atoms with E-state index in [1.54, 1.807) is 0 Å². The zero-order valence-corrected chi connectivity index (χ0v) is 13.9. The predicted molar refractivity (Wildman–Crippen MR) is 91.1 cm³/mol. The highest BCUT2D eigenvalue weighted by Gasteiger charge is 2.21. The number of hydrogen-bond acceptors (Lipinski definition) is 2. The van der Waals surface area contributed by atoms with Gasteiger partial charge in [0.2, 0.25) is 0 Å². The van der Waals surface area contributed by atoms with Gasteiger partial charge in [-0.1, -0.05) is 37.3 Å². The number of nitrogens with one attached hydrogen (secondary N) is 1. The minimum Gasteiger partial charge on any atom is -0.336 e. The maximum absolute atomic E-state index is 12.1. The molecule has 1 N–H and O–H groups in total. The number of piperazine rings is 1. The van der Waals surface area contributed by atoms with Crippen LogP contribution in [0.3, 0.4) is 0 Å². The number of aryl methyl sites for hydroxylation is 1. The van der Waals surface area contributed by atoms with Crippen LogP contribution in [0.2, 0.25) is 0 Å². The third kappa shape index (κ3) is 5.34. The quantitative estimate of drug-likeness (QED) is 0.877. The number of urea groups is 1. The molecule has 0 bridgehead atoms. The van der Waals surface area contributed by atoms with Crippen LogP contribution >= 0.6 is 0 Å². The fourth-order valence-corrected chi connectivity index (χ4v) is 2.73. The summed E-state index contributed by atoms with van der Waals surface area (Å²) in [6, 6.07) is 11.0. The summed E-state index contributed by atoms with van der Waals surface area (Å²) in [5.41, 5.74) is 1.41. The van der Waals surface area contributed by atoms with Gasteiger partial charge in [0.25, 0.3) is 0 Å². The van der Waals surface area contributed by atoms with Gasteiger partial charge in [-0.05, 0) is 38.3 Å². The lowest BCUT2D eigenvalue weighted by molar-refractivity contribution is 0.136. The number of nitrogens with zero attached hydrogens (tertiary/aromatic N) is 2. The second kappa shape index (κ2) is 8.79. The van der Waals surface area contributed by atoms with E-state index in [-0.39, 0.29) is 12.1 Å². The van der Waals surface area contributed by atoms with Crippen molar-refractivity contribution in [1.82, 2.24) is 15.1 Å². The minimum absolute atomic E-state index is 0.0956. The summed E-state index contributed by atoms with van der Waals surface area (Å²) in [6.45, 7) is 8.93. The average Bonchev–Trinajstić information content (AvgIpc) is 2.56. The lowest BCUT2D eigenvalue weighted by atomic mass is 10.1. The number of carbonyl (C=O) groups is 1. The highest BCUT2D eigenvalue weighted by Crippen LogP contribution is 2.07. The molecule has 4 heteroatoms. The fourth-order valence-electron chi connectivity index (χ4n) is 2.73. The van der Waals surface area contributed by atoms with Gasteiger partial charge in [0.05, 0.1) is 0 Å². The van der Waals surface area contributed by atoms with E-state index in [9.17, 15) is 4.79 Å². The standard InChI is InChI=1S/C18H29N3O/c1-3-16(2)19-18(22)21-14-12-20(13-15-21)11-7-10-17-8-5-4-6-9-17/h4-6,8-9,16H,3,7,10-15H2,1-2H3,(H,19,22). The Morgan fingerprint density at radius 3 is 2.50 bits per heavy atom. The van der Waals surface area contributed by atoms with Crippen LogP contribution < -0.4 is 5.32 Å². The van der Waals surface area contributed by atoms with E-state index in [0.29, 0.717) is 0 Å². The maximum atomic E-state index is 12.1. The monoisotopic (exact) mass is 303 g/mol. The zero-order valence-electron chi connectivity index (χ0n) is 13.9. The Balaban J connectivity index is 1.64. The molecule has 1 saturated heterocycles. The van der Waals surface area contributed by atoms with Crippen LogP contribution in [0.15, 0.2) is 30.3 Å². The van der Waals surface area contributed by atoms with Gasteiger partial charge in [0.1, 0.15) is 0 Å². The fraction of sp³-hybridized carbons (Fsp3) is 0.611. The van der Waals surface area contributed by atoms with Crippen LogP contribution in [0.25, 0.3) is 0 Å². The topological polar surface area (TPSA) is 35.6 Å². The molecule has 1 atom stereocenters. The largest absolute Gasteiger partial charge is 0.336 e. The summed E-state index contributed by atoms with van der Waals surface area (Å²) in [4.78, 5) is 16.5. The van der Waals surface area contributed by atoms with E-state index in [2.05, 4.69) is 54.4 Å². The van der Waals surface area contributed by atoms with Crippen molar-refractivity contribution in [2.45, 2.75) is 39.2 Å². The second-order valence-corrected chi connectivity index (χ2v) is 6.18. The molecule has 1 heterocycles. The molecule has 0 saturated carbocycles. The van der Waals surface area contributed by atoms with Crippen LogP contribution in [0.4, 0.5) is 4.79 Å². The lowest BCUT2D eigenvalue weighted by Gasteiger charge is -2.35. The van der Waals surface area contributed by atoms with Gasteiger partial charge >= 0.3 is 6.03 Å². The Bertz CT molecular complexity index is 441. The number of amides is 2. The van der Waals surface area contributed by atoms with Gasteiger partial charge in [-0.15, -0.1) is 0 Å². The van der Waals surface area contributed by atoms with Gasteiger partial charge < -0.3 is 10.2 Å². The van der Waals surface area contributed by atoms with Crippen molar-refractivity contribution in [3.8, 4) is 0 Å². The molecule has 0 spiro atoms. The number of rotatable bonds is 6. The molecule has 122 valence electrons. The van der Waals surface area contributed by atoms with E-state index in [1.165, 1.54) is 12.0 Å². The maximum Gasteiger partial charge on any atom is 0.317 e. The van der Waals surface area contributed by atoms with Crippen LogP contribution in [0.5, 0.6) is 0 Å². The van der Waals surface area contributed by atoms with Crippen molar-refractivity contribution in [3.63, 3.8) is 0 Å². The minimum atomic E-state index is 0.0956. The molecule has 4 nitrogen and oxygen atoms in total. The number of carbonyl (C=O) groups excluding carboxylic acids is 1. The van der Waals surface area contributed by atoms with Gasteiger partial charge in [0.15, 0.2) is 0 Å². The van der Waals surface area contributed by atoms with Crippen LogP contribution in [0.1, 0.15) is 32.3 Å². The first-order valence-electron chi connectivity index (χ1n) is 8.50. The Kier molecular flexibility index (Phi) is 6.72. The summed E-state index contributed by atoms with van der Waals surface area (Å²) in [5, 5.41) is 3.05. The van der Waals surface area contributed by atoms with Crippen molar-refractivity contribution in [2.75, 3.05) is 32.7 Å². The van der Waals surface area contributed by atoms with E-state index in [1.807, 2.05) is 4.90 Å². The van der Waals surface area contributed by atoms with E-state index >= 15 is 0 Å². The van der Waals surface area contributed by atoms with E-state index in [4.69, 9.17) is 0 Å². The number of benzene rings is 1. The summed E-state index contributed by atoms with van der Waals surface area (Å²) in [5.74, 6) is 0. The molecule has 2 rings (SSSR count). The summed E-state index contributed by atoms with van der Waals surface area (Å²) in [6.07, 6.45) is 3.30. The Morgan fingerprint density at radius 2 is 1.86 bits per heavy atom. The summed E-state index contributed by atoms with van der Waals surface area (Å²) in [7, 11) is 0. The van der Waals surface area contributed by atoms with Crippen LogP contribution in [-0.2, 0) is 6.42 Å². The molecule has 1 unspecified atom stereocenters. The van der Waals surface area contributed by atoms with Gasteiger partial charge in [-0.25, -0.2) is 4.79 Å². The molecular weight excluding hydrogens is 274 g/mol. The lowest BCUT2D eigenvalue weighted by Crippen LogP contribution is -2.53. The summed E-state index contributed by atoms with van der Waals surface area (Å²) < 4.78 is 0. The average molecular weight is 303 g/mol. The molecular formula is C18H29N3O. The smallest absolute Gasteiger partial charge is 0.317 e. The highest BCUT2D eigenvalue weighted by atomic mass is 16.2. The third-order valence-corrected chi connectivity index (χ3v) is 4.42. The van der Waals surface area contributed by atoms with Crippen molar-refractivity contribution in [2.24, 2.45) is 0 Å². The van der Waals surface area contributed by atoms with Crippen molar-refractivity contribution in [1.29, 1.82) is 0 Å². The first-order valence-corrected chi connectivity index (χ1v) is 8.50. The van der Waals surface area contributed by atoms with Crippen molar-refractivity contribution < 1.29 is 4.79 Å². The first kappa shape index (κ1) is 16.8. The molecule has 1 fully saturated rings. The van der Waals surface area contributed by atoms with Gasteiger partial charge in [-0.3, -0.25) is 4.90 Å².